The zero-order valence-corrected chi connectivity index (χ0v) is 6.96. The van der Waals surface area contributed by atoms with Crippen LogP contribution in [0.4, 0.5) is 4.39 Å². The molecule has 1 unspecified atom stereocenters. The lowest BCUT2D eigenvalue weighted by Crippen LogP contribution is -2.02. The van der Waals surface area contributed by atoms with Crippen molar-refractivity contribution in [1.29, 1.82) is 0 Å². The lowest BCUT2D eigenvalue weighted by Gasteiger charge is -2.01. The van der Waals surface area contributed by atoms with Crippen molar-refractivity contribution in [3.05, 3.63) is 34.9 Å². The summed E-state index contributed by atoms with van der Waals surface area (Å²) in [5, 5.41) is 8.81. The minimum absolute atomic E-state index is 0.248. The van der Waals surface area contributed by atoms with Crippen LogP contribution in [-0.2, 0) is 12.8 Å². The first-order valence-corrected chi connectivity index (χ1v) is 4.16. The molecular formula is C10H9FO2. The van der Waals surface area contributed by atoms with E-state index in [9.17, 15) is 9.18 Å². The van der Waals surface area contributed by atoms with Gasteiger partial charge >= 0.3 is 5.97 Å². The summed E-state index contributed by atoms with van der Waals surface area (Å²) in [5.74, 6) is -0.967. The molecule has 0 saturated carbocycles. The normalized spacial score (nSPS) is 19.9. The van der Waals surface area contributed by atoms with E-state index >= 15 is 0 Å². The molecule has 2 nitrogen and oxygen atoms in total. The molecule has 0 amide bonds. The Morgan fingerprint density at radius 1 is 1.46 bits per heavy atom. The van der Waals surface area contributed by atoms with E-state index in [1.54, 1.807) is 12.1 Å². The van der Waals surface area contributed by atoms with Gasteiger partial charge in [-0.05, 0) is 17.2 Å². The van der Waals surface area contributed by atoms with Crippen LogP contribution in [0.3, 0.4) is 0 Å². The van der Waals surface area contributed by atoms with Gasteiger partial charge in [-0.25, -0.2) is 9.18 Å². The number of rotatable bonds is 1. The molecule has 3 heteroatoms. The summed E-state index contributed by atoms with van der Waals surface area (Å²) in [5.41, 5.74) is 1.76. The topological polar surface area (TPSA) is 37.3 Å². The highest BCUT2D eigenvalue weighted by Crippen LogP contribution is 2.27. The molecule has 0 heterocycles. The van der Waals surface area contributed by atoms with Crippen LogP contribution in [0, 0.1) is 0 Å². The smallest absolute Gasteiger partial charge is 0.335 e. The fourth-order valence-electron chi connectivity index (χ4n) is 1.80. The highest BCUT2D eigenvalue weighted by molar-refractivity contribution is 5.90. The van der Waals surface area contributed by atoms with Crippen LogP contribution in [0.15, 0.2) is 18.2 Å². The first-order valence-electron chi connectivity index (χ1n) is 4.16. The van der Waals surface area contributed by atoms with Gasteiger partial charge in [0, 0.05) is 12.8 Å². The molecule has 0 aromatic heterocycles. The number of fused-ring (bicyclic) bond motifs is 1. The van der Waals surface area contributed by atoms with E-state index in [0.29, 0.717) is 12.0 Å². The third-order valence-corrected chi connectivity index (χ3v) is 2.37. The second-order valence-electron chi connectivity index (χ2n) is 3.25. The average molecular weight is 180 g/mol. The molecule has 0 saturated heterocycles. The van der Waals surface area contributed by atoms with Gasteiger partial charge in [0.1, 0.15) is 6.17 Å². The minimum atomic E-state index is -0.967. The Bertz CT molecular complexity index is 360. The van der Waals surface area contributed by atoms with E-state index in [-0.39, 0.29) is 12.0 Å². The quantitative estimate of drug-likeness (QED) is 0.715. The standard InChI is InChI=1S/C10H9FO2/c11-7-4-6-2-1-3-8(10(12)13)9(6)5-7/h1-3,7H,4-5H2,(H,12,13). The van der Waals surface area contributed by atoms with Crippen molar-refractivity contribution >= 4 is 5.97 Å². The number of carbonyl (C=O) groups is 1. The molecule has 1 aromatic carbocycles. The Balaban J connectivity index is 2.51. The lowest BCUT2D eigenvalue weighted by molar-refractivity contribution is 0.0695. The van der Waals surface area contributed by atoms with Crippen molar-refractivity contribution in [2.45, 2.75) is 19.0 Å². The zero-order chi connectivity index (χ0) is 9.42. The van der Waals surface area contributed by atoms with Crippen LogP contribution >= 0.6 is 0 Å². The Kier molecular flexibility index (Phi) is 1.79. The molecule has 2 rings (SSSR count). The van der Waals surface area contributed by atoms with Crippen LogP contribution in [0.5, 0.6) is 0 Å². The van der Waals surface area contributed by atoms with Gasteiger partial charge in [-0.2, -0.15) is 0 Å². The van der Waals surface area contributed by atoms with E-state index in [1.165, 1.54) is 6.07 Å². The summed E-state index contributed by atoms with van der Waals surface area (Å²) in [6.07, 6.45) is -0.302. The van der Waals surface area contributed by atoms with Gasteiger partial charge in [-0.3, -0.25) is 0 Å². The van der Waals surface area contributed by atoms with Crippen molar-refractivity contribution in [2.75, 3.05) is 0 Å². The molecule has 1 atom stereocenters. The summed E-state index contributed by atoms with van der Waals surface area (Å²) in [4.78, 5) is 10.7. The first-order chi connectivity index (χ1) is 6.18. The molecule has 1 aliphatic carbocycles. The number of aromatic carboxylic acids is 1. The molecule has 0 spiro atoms. The predicted octanol–water partition coefficient (Wildman–Crippen LogP) is 1.82. The number of hydrogen-bond acceptors (Lipinski definition) is 1. The van der Waals surface area contributed by atoms with Crippen LogP contribution in [0.2, 0.25) is 0 Å². The summed E-state index contributed by atoms with van der Waals surface area (Å²) < 4.78 is 13.0. The molecule has 0 bridgehead atoms. The van der Waals surface area contributed by atoms with E-state index in [0.717, 1.165) is 5.56 Å². The molecule has 0 fully saturated rings. The van der Waals surface area contributed by atoms with Crippen LogP contribution in [0.1, 0.15) is 21.5 Å². The van der Waals surface area contributed by atoms with Gasteiger partial charge in [0.15, 0.2) is 0 Å². The van der Waals surface area contributed by atoms with Gasteiger partial charge in [0.2, 0.25) is 0 Å². The monoisotopic (exact) mass is 180 g/mol. The molecule has 0 radical (unpaired) electrons. The van der Waals surface area contributed by atoms with Crippen molar-refractivity contribution < 1.29 is 14.3 Å². The molecular weight excluding hydrogens is 171 g/mol. The Morgan fingerprint density at radius 3 is 2.92 bits per heavy atom. The van der Waals surface area contributed by atoms with Crippen LogP contribution in [0.25, 0.3) is 0 Å². The largest absolute Gasteiger partial charge is 0.478 e. The molecule has 0 aliphatic heterocycles. The molecule has 68 valence electrons. The number of carboxylic acid groups (broad SMARTS) is 1. The predicted molar refractivity (Wildman–Crippen MR) is 45.7 cm³/mol. The zero-order valence-electron chi connectivity index (χ0n) is 6.96. The Hall–Kier alpha value is -1.38. The number of halogens is 1. The third kappa shape index (κ3) is 1.30. The molecule has 1 aromatic rings. The second kappa shape index (κ2) is 2.83. The van der Waals surface area contributed by atoms with E-state index < -0.39 is 12.1 Å². The molecule has 1 N–H and O–H groups in total. The molecule has 1 aliphatic rings. The minimum Gasteiger partial charge on any atom is -0.478 e. The lowest BCUT2D eigenvalue weighted by atomic mass is 10.0. The van der Waals surface area contributed by atoms with Gasteiger partial charge < -0.3 is 5.11 Å². The fourth-order valence-corrected chi connectivity index (χ4v) is 1.80. The van der Waals surface area contributed by atoms with E-state index in [1.807, 2.05) is 0 Å². The average Bonchev–Trinajstić information content (AvgIpc) is 2.43. The fraction of sp³-hybridized carbons (Fsp3) is 0.300. The maximum absolute atomic E-state index is 13.0. The summed E-state index contributed by atoms with van der Waals surface area (Å²) in [6.45, 7) is 0. The number of alkyl halides is 1. The third-order valence-electron chi connectivity index (χ3n) is 2.37. The van der Waals surface area contributed by atoms with Crippen LogP contribution < -0.4 is 0 Å². The van der Waals surface area contributed by atoms with Crippen molar-refractivity contribution in [2.24, 2.45) is 0 Å². The number of carboxylic acids is 1. The van der Waals surface area contributed by atoms with Gasteiger partial charge in [-0.1, -0.05) is 12.1 Å². The van der Waals surface area contributed by atoms with Gasteiger partial charge in [0.05, 0.1) is 5.56 Å². The Labute approximate surface area is 75.0 Å². The van der Waals surface area contributed by atoms with Crippen molar-refractivity contribution in [3.63, 3.8) is 0 Å². The van der Waals surface area contributed by atoms with Crippen LogP contribution in [-0.4, -0.2) is 17.2 Å². The van der Waals surface area contributed by atoms with Crippen molar-refractivity contribution in [3.8, 4) is 0 Å². The summed E-state index contributed by atoms with van der Waals surface area (Å²) in [6, 6.07) is 4.99. The maximum Gasteiger partial charge on any atom is 0.335 e. The molecule has 13 heavy (non-hydrogen) atoms. The number of hydrogen-bond donors (Lipinski definition) is 1. The highest BCUT2D eigenvalue weighted by Gasteiger charge is 2.24. The Morgan fingerprint density at radius 2 is 2.23 bits per heavy atom. The van der Waals surface area contributed by atoms with Crippen molar-refractivity contribution in [1.82, 2.24) is 0 Å². The van der Waals surface area contributed by atoms with E-state index in [2.05, 4.69) is 0 Å². The van der Waals surface area contributed by atoms with E-state index in [4.69, 9.17) is 5.11 Å². The highest BCUT2D eigenvalue weighted by atomic mass is 19.1. The number of benzene rings is 1. The maximum atomic E-state index is 13.0. The second-order valence-corrected chi connectivity index (χ2v) is 3.25. The van der Waals surface area contributed by atoms with Gasteiger partial charge in [-0.15, -0.1) is 0 Å². The summed E-state index contributed by atoms with van der Waals surface area (Å²) >= 11 is 0. The SMILES string of the molecule is O=C(O)c1cccc2c1CC(F)C2. The van der Waals surface area contributed by atoms with Gasteiger partial charge in [0.25, 0.3) is 0 Å². The first kappa shape index (κ1) is 8.23. The summed E-state index contributed by atoms with van der Waals surface area (Å²) in [7, 11) is 0.